The lowest BCUT2D eigenvalue weighted by Crippen LogP contribution is -2.37. The van der Waals surface area contributed by atoms with Gasteiger partial charge in [0, 0.05) is 27.3 Å². The van der Waals surface area contributed by atoms with Gasteiger partial charge in [-0.3, -0.25) is 4.57 Å². The standard InChI is InChI=1S/C14H18ClN4O4P/c1-21-24(20,22-2)9-10-3-4-11-12(16-10)13(18-14(15)17-11)19-5-7-23-8-6-19/h3-4H,5-9H2,1-2H3. The molecule has 3 heterocycles. The number of pyridine rings is 1. The molecule has 0 aromatic carbocycles. The maximum atomic E-state index is 12.3. The lowest BCUT2D eigenvalue weighted by molar-refractivity contribution is 0.122. The van der Waals surface area contributed by atoms with Crippen molar-refractivity contribution in [2.45, 2.75) is 6.16 Å². The number of hydrogen-bond acceptors (Lipinski definition) is 8. The molecule has 0 amide bonds. The minimum Gasteiger partial charge on any atom is -0.378 e. The molecule has 8 nitrogen and oxygen atoms in total. The lowest BCUT2D eigenvalue weighted by Gasteiger charge is -2.28. The Bertz CT molecular complexity index is 777. The second-order valence-corrected chi connectivity index (χ2v) is 7.83. The Morgan fingerprint density at radius 3 is 2.58 bits per heavy atom. The highest BCUT2D eigenvalue weighted by molar-refractivity contribution is 7.52. The minimum absolute atomic E-state index is 0.0706. The Hall–Kier alpha value is -1.31. The summed E-state index contributed by atoms with van der Waals surface area (Å²) in [6.45, 7) is 2.63. The summed E-state index contributed by atoms with van der Waals surface area (Å²) in [4.78, 5) is 15.2. The van der Waals surface area contributed by atoms with E-state index in [2.05, 4.69) is 19.9 Å². The summed E-state index contributed by atoms with van der Waals surface area (Å²) in [6.07, 6.45) is 0.0706. The van der Waals surface area contributed by atoms with E-state index in [9.17, 15) is 4.57 Å². The van der Waals surface area contributed by atoms with Crippen molar-refractivity contribution >= 4 is 36.0 Å². The van der Waals surface area contributed by atoms with Gasteiger partial charge in [-0.15, -0.1) is 0 Å². The largest absolute Gasteiger partial charge is 0.378 e. The molecule has 0 aliphatic carbocycles. The van der Waals surface area contributed by atoms with E-state index in [0.717, 1.165) is 0 Å². The average molecular weight is 373 g/mol. The third kappa shape index (κ3) is 3.68. The first-order valence-corrected chi connectivity index (χ1v) is 9.51. The summed E-state index contributed by atoms with van der Waals surface area (Å²) >= 11 is 6.04. The van der Waals surface area contributed by atoms with Crippen LogP contribution >= 0.6 is 19.2 Å². The summed E-state index contributed by atoms with van der Waals surface area (Å²) in [7, 11) is -0.492. The average Bonchev–Trinajstić information content (AvgIpc) is 2.62. The molecule has 1 aliphatic heterocycles. The van der Waals surface area contributed by atoms with Crippen LogP contribution in [0.3, 0.4) is 0 Å². The molecule has 10 heteroatoms. The van der Waals surface area contributed by atoms with Crippen LogP contribution in [0, 0.1) is 0 Å². The first-order chi connectivity index (χ1) is 11.5. The van der Waals surface area contributed by atoms with Gasteiger partial charge >= 0.3 is 7.60 Å². The first-order valence-electron chi connectivity index (χ1n) is 7.41. The van der Waals surface area contributed by atoms with Crippen LogP contribution in [-0.4, -0.2) is 55.5 Å². The SMILES string of the molecule is COP(=O)(Cc1ccc2nc(Cl)nc(N3CCOCC3)c2n1)OC. The number of morpholine rings is 1. The Morgan fingerprint density at radius 2 is 1.92 bits per heavy atom. The third-order valence-electron chi connectivity index (χ3n) is 3.78. The molecule has 1 aliphatic rings. The predicted octanol–water partition coefficient (Wildman–Crippen LogP) is 2.50. The van der Waals surface area contributed by atoms with Crippen LogP contribution in [0.1, 0.15) is 5.69 Å². The van der Waals surface area contributed by atoms with Gasteiger partial charge in [-0.2, -0.15) is 4.98 Å². The number of rotatable bonds is 5. The fourth-order valence-electron chi connectivity index (χ4n) is 2.50. The number of fused-ring (bicyclic) bond motifs is 1. The zero-order valence-electron chi connectivity index (χ0n) is 13.4. The van der Waals surface area contributed by atoms with E-state index in [1.54, 1.807) is 12.1 Å². The molecule has 0 spiro atoms. The normalized spacial score (nSPS) is 15.9. The number of nitrogens with zero attached hydrogens (tertiary/aromatic N) is 4. The second-order valence-electron chi connectivity index (χ2n) is 5.22. The summed E-state index contributed by atoms with van der Waals surface area (Å²) < 4.78 is 27.7. The van der Waals surface area contributed by atoms with Gasteiger partial charge in [0.05, 0.1) is 30.6 Å². The van der Waals surface area contributed by atoms with Crippen LogP contribution in [0.4, 0.5) is 5.82 Å². The molecule has 0 bridgehead atoms. The number of halogens is 1. The van der Waals surface area contributed by atoms with Crippen molar-refractivity contribution in [1.29, 1.82) is 0 Å². The molecule has 24 heavy (non-hydrogen) atoms. The highest BCUT2D eigenvalue weighted by atomic mass is 35.5. The van der Waals surface area contributed by atoms with Crippen molar-refractivity contribution in [3.05, 3.63) is 23.1 Å². The summed E-state index contributed by atoms with van der Waals surface area (Å²) in [5.74, 6) is 0.653. The molecule has 0 saturated carbocycles. The third-order valence-corrected chi connectivity index (χ3v) is 5.77. The van der Waals surface area contributed by atoms with E-state index in [1.165, 1.54) is 14.2 Å². The molecule has 2 aromatic heterocycles. The van der Waals surface area contributed by atoms with Crippen LogP contribution < -0.4 is 4.90 Å². The van der Waals surface area contributed by atoms with Gasteiger partial charge in [0.1, 0.15) is 5.52 Å². The Balaban J connectivity index is 2.03. The zero-order valence-corrected chi connectivity index (χ0v) is 15.1. The molecule has 0 N–H and O–H groups in total. The fraction of sp³-hybridized carbons (Fsp3) is 0.500. The molecule has 0 unspecified atom stereocenters. The summed E-state index contributed by atoms with van der Waals surface area (Å²) in [6, 6.07) is 3.52. The highest BCUT2D eigenvalue weighted by Crippen LogP contribution is 2.49. The van der Waals surface area contributed by atoms with Gasteiger partial charge in [-0.05, 0) is 23.7 Å². The molecular formula is C14H18ClN4O4P. The van der Waals surface area contributed by atoms with Crippen molar-refractivity contribution in [2.24, 2.45) is 0 Å². The molecule has 2 aromatic rings. The molecule has 1 saturated heterocycles. The Kier molecular flexibility index (Phi) is 5.32. The monoisotopic (exact) mass is 372 g/mol. The zero-order chi connectivity index (χ0) is 17.2. The van der Waals surface area contributed by atoms with Crippen molar-refractivity contribution in [1.82, 2.24) is 15.0 Å². The Morgan fingerprint density at radius 1 is 1.21 bits per heavy atom. The maximum Gasteiger partial charge on any atom is 0.336 e. The van der Waals surface area contributed by atoms with Crippen LogP contribution in [0.15, 0.2) is 12.1 Å². The number of hydrogen-bond donors (Lipinski definition) is 0. The van der Waals surface area contributed by atoms with Crippen LogP contribution in [0.25, 0.3) is 11.0 Å². The van der Waals surface area contributed by atoms with E-state index in [4.69, 9.17) is 25.4 Å². The molecule has 0 radical (unpaired) electrons. The smallest absolute Gasteiger partial charge is 0.336 e. The highest BCUT2D eigenvalue weighted by Gasteiger charge is 2.24. The molecule has 3 rings (SSSR count). The van der Waals surface area contributed by atoms with Crippen LogP contribution in [0.5, 0.6) is 0 Å². The fourth-order valence-corrected chi connectivity index (χ4v) is 3.65. The lowest BCUT2D eigenvalue weighted by atomic mass is 10.3. The van der Waals surface area contributed by atoms with Crippen LogP contribution in [0.2, 0.25) is 5.28 Å². The number of aromatic nitrogens is 3. The van der Waals surface area contributed by atoms with Gasteiger partial charge in [0.2, 0.25) is 5.28 Å². The van der Waals surface area contributed by atoms with Gasteiger partial charge in [-0.1, -0.05) is 0 Å². The number of ether oxygens (including phenoxy) is 1. The predicted molar refractivity (Wildman–Crippen MR) is 90.7 cm³/mol. The minimum atomic E-state index is -3.20. The second kappa shape index (κ2) is 7.29. The van der Waals surface area contributed by atoms with Crippen LogP contribution in [-0.2, 0) is 24.5 Å². The van der Waals surface area contributed by atoms with Crippen molar-refractivity contribution < 1.29 is 18.3 Å². The van der Waals surface area contributed by atoms with E-state index < -0.39 is 7.60 Å². The van der Waals surface area contributed by atoms with E-state index in [0.29, 0.717) is 48.8 Å². The topological polar surface area (TPSA) is 86.7 Å². The van der Waals surface area contributed by atoms with Crippen molar-refractivity contribution in [3.63, 3.8) is 0 Å². The van der Waals surface area contributed by atoms with Crippen molar-refractivity contribution in [3.8, 4) is 0 Å². The summed E-state index contributed by atoms with van der Waals surface area (Å²) in [5.41, 5.74) is 1.82. The molecule has 1 fully saturated rings. The molecule has 0 atom stereocenters. The van der Waals surface area contributed by atoms with E-state index in [-0.39, 0.29) is 11.4 Å². The van der Waals surface area contributed by atoms with Gasteiger partial charge < -0.3 is 18.7 Å². The van der Waals surface area contributed by atoms with E-state index >= 15 is 0 Å². The van der Waals surface area contributed by atoms with E-state index in [1.807, 2.05) is 0 Å². The molecule has 130 valence electrons. The Labute approximate surface area is 144 Å². The van der Waals surface area contributed by atoms with Crippen molar-refractivity contribution in [2.75, 3.05) is 45.4 Å². The van der Waals surface area contributed by atoms with Gasteiger partial charge in [-0.25, -0.2) is 9.97 Å². The number of anilines is 1. The maximum absolute atomic E-state index is 12.3. The molecular weight excluding hydrogens is 355 g/mol. The van der Waals surface area contributed by atoms with Gasteiger partial charge in [0.25, 0.3) is 0 Å². The first kappa shape index (κ1) is 17.5. The summed E-state index contributed by atoms with van der Waals surface area (Å²) in [5, 5.41) is 0.165. The quantitative estimate of drug-likeness (QED) is 0.584. The van der Waals surface area contributed by atoms with Gasteiger partial charge in [0.15, 0.2) is 5.82 Å².